The molecule has 0 radical (unpaired) electrons. The molecule has 0 aromatic rings. The number of rotatable bonds is 52. The minimum absolute atomic E-state index is 0.0628. The summed E-state index contributed by atoms with van der Waals surface area (Å²) in [5.74, 6) is 0.905. The van der Waals surface area contributed by atoms with Gasteiger partial charge in [-0.2, -0.15) is 0 Å². The number of ether oxygens (including phenoxy) is 3. The average molecular weight is 906 g/mol. The Morgan fingerprint density at radius 2 is 0.594 bits per heavy atom. The predicted molar refractivity (Wildman–Crippen MR) is 275 cm³/mol. The topological polar surface area (TPSA) is 78.9 Å². The number of esters is 3. The number of carbonyl (C=O) groups is 3. The lowest BCUT2D eigenvalue weighted by atomic mass is 9.99. The molecule has 0 heterocycles. The molecule has 6 nitrogen and oxygen atoms in total. The molecular weight excluding hydrogens is 793 g/mol. The summed E-state index contributed by atoms with van der Waals surface area (Å²) in [6.45, 7) is 11.4. The van der Waals surface area contributed by atoms with Gasteiger partial charge in [0.05, 0.1) is 0 Å². The molecule has 0 amide bonds. The molecule has 380 valence electrons. The Bertz CT molecular complexity index is 980. The van der Waals surface area contributed by atoms with Crippen LogP contribution in [0, 0.1) is 11.8 Å². The van der Waals surface area contributed by atoms with Gasteiger partial charge < -0.3 is 14.2 Å². The molecule has 6 heteroatoms. The van der Waals surface area contributed by atoms with Crippen molar-refractivity contribution in [1.29, 1.82) is 0 Å². The second-order valence-electron chi connectivity index (χ2n) is 20.6. The Morgan fingerprint density at radius 1 is 0.328 bits per heavy atom. The molecule has 0 aliphatic heterocycles. The van der Waals surface area contributed by atoms with E-state index in [1.807, 2.05) is 0 Å². The van der Waals surface area contributed by atoms with Crippen LogP contribution in [-0.4, -0.2) is 37.2 Å². The average Bonchev–Trinajstić information content (AvgIpc) is 3.28. The lowest BCUT2D eigenvalue weighted by Crippen LogP contribution is -2.30. The molecule has 64 heavy (non-hydrogen) atoms. The van der Waals surface area contributed by atoms with Gasteiger partial charge in [-0.1, -0.05) is 285 Å². The maximum atomic E-state index is 12.8. The summed E-state index contributed by atoms with van der Waals surface area (Å²) in [5, 5.41) is 0. The first-order chi connectivity index (χ1) is 31.3. The minimum Gasteiger partial charge on any atom is -0.462 e. The van der Waals surface area contributed by atoms with Crippen LogP contribution >= 0.6 is 0 Å². The highest BCUT2D eigenvalue weighted by molar-refractivity contribution is 5.71. The van der Waals surface area contributed by atoms with Crippen LogP contribution in [0.3, 0.4) is 0 Å². The van der Waals surface area contributed by atoms with Crippen LogP contribution < -0.4 is 0 Å². The molecule has 1 unspecified atom stereocenters. The van der Waals surface area contributed by atoms with Crippen molar-refractivity contribution in [1.82, 2.24) is 0 Å². The first-order valence-electron chi connectivity index (χ1n) is 28.8. The van der Waals surface area contributed by atoms with Gasteiger partial charge in [-0.25, -0.2) is 0 Å². The van der Waals surface area contributed by atoms with Gasteiger partial charge in [0.1, 0.15) is 13.2 Å². The van der Waals surface area contributed by atoms with Gasteiger partial charge >= 0.3 is 17.9 Å². The Balaban J connectivity index is 4.21. The highest BCUT2D eigenvalue weighted by Gasteiger charge is 2.19. The SMILES string of the molecule is CCCCCCCCCCCC(=O)OC[C@H](COC(=O)CCCCCCCCCCCCCCCCC(C)CC)OC(=O)CCCCCCCCCCCCCCCCCCC(C)C. The molecule has 0 spiro atoms. The smallest absolute Gasteiger partial charge is 0.306 e. The summed E-state index contributed by atoms with van der Waals surface area (Å²) in [7, 11) is 0. The fourth-order valence-electron chi connectivity index (χ4n) is 8.84. The van der Waals surface area contributed by atoms with Crippen molar-refractivity contribution in [2.24, 2.45) is 11.8 Å². The van der Waals surface area contributed by atoms with Crippen molar-refractivity contribution in [2.75, 3.05) is 13.2 Å². The van der Waals surface area contributed by atoms with Crippen molar-refractivity contribution < 1.29 is 28.6 Å². The maximum Gasteiger partial charge on any atom is 0.306 e. The van der Waals surface area contributed by atoms with E-state index in [1.165, 1.54) is 212 Å². The van der Waals surface area contributed by atoms with Gasteiger partial charge in [0, 0.05) is 19.3 Å². The molecule has 2 atom stereocenters. The first-order valence-corrected chi connectivity index (χ1v) is 28.8. The third-order valence-corrected chi connectivity index (χ3v) is 13.6. The normalized spacial score (nSPS) is 12.5. The van der Waals surface area contributed by atoms with Crippen molar-refractivity contribution in [3.05, 3.63) is 0 Å². The van der Waals surface area contributed by atoms with Crippen LogP contribution in [-0.2, 0) is 28.6 Å². The monoisotopic (exact) mass is 905 g/mol. The summed E-state index contributed by atoms with van der Waals surface area (Å²) in [6.07, 6.45) is 53.8. The lowest BCUT2D eigenvalue weighted by Gasteiger charge is -2.18. The van der Waals surface area contributed by atoms with E-state index < -0.39 is 6.10 Å². The van der Waals surface area contributed by atoms with E-state index in [9.17, 15) is 14.4 Å². The standard InChI is InChI=1S/C58H112O6/c1-6-8-9-10-11-26-33-38-43-48-56(59)62-51-55(52-63-57(60)49-44-39-34-29-24-20-17-16-19-23-28-32-37-42-47-54(5)7-2)64-58(61)50-45-40-35-30-25-21-15-13-12-14-18-22-27-31-36-41-46-53(3)4/h53-55H,6-52H2,1-5H3/t54?,55-/m1/s1. The third-order valence-electron chi connectivity index (χ3n) is 13.6. The molecule has 0 N–H and O–H groups in total. The number of hydrogen-bond donors (Lipinski definition) is 0. The van der Waals surface area contributed by atoms with Crippen LogP contribution in [0.5, 0.6) is 0 Å². The van der Waals surface area contributed by atoms with Crippen molar-refractivity contribution in [3.63, 3.8) is 0 Å². The van der Waals surface area contributed by atoms with Gasteiger partial charge in [0.2, 0.25) is 0 Å². The van der Waals surface area contributed by atoms with Crippen LogP contribution in [0.4, 0.5) is 0 Å². The highest BCUT2D eigenvalue weighted by Crippen LogP contribution is 2.19. The number of unbranched alkanes of at least 4 members (excludes halogenated alkanes) is 36. The number of carbonyl (C=O) groups excluding carboxylic acids is 3. The van der Waals surface area contributed by atoms with Crippen LogP contribution in [0.1, 0.15) is 324 Å². The highest BCUT2D eigenvalue weighted by atomic mass is 16.6. The molecule has 0 aromatic carbocycles. The largest absolute Gasteiger partial charge is 0.462 e. The number of hydrogen-bond acceptors (Lipinski definition) is 6. The Labute approximate surface area is 399 Å². The minimum atomic E-state index is -0.762. The van der Waals surface area contributed by atoms with E-state index in [2.05, 4.69) is 34.6 Å². The molecule has 0 fully saturated rings. The van der Waals surface area contributed by atoms with Crippen LogP contribution in [0.2, 0.25) is 0 Å². The van der Waals surface area contributed by atoms with Gasteiger partial charge in [-0.3, -0.25) is 14.4 Å². The van der Waals surface area contributed by atoms with E-state index in [1.54, 1.807) is 0 Å². The zero-order chi connectivity index (χ0) is 46.8. The molecule has 0 aliphatic carbocycles. The quantitative estimate of drug-likeness (QED) is 0.0344. The van der Waals surface area contributed by atoms with Crippen LogP contribution in [0.15, 0.2) is 0 Å². The summed E-state index contributed by atoms with van der Waals surface area (Å²) in [4.78, 5) is 38.0. The summed E-state index contributed by atoms with van der Waals surface area (Å²) in [6, 6.07) is 0. The van der Waals surface area contributed by atoms with Gasteiger partial charge in [0.15, 0.2) is 6.10 Å². The molecule has 0 rings (SSSR count). The van der Waals surface area contributed by atoms with E-state index in [4.69, 9.17) is 14.2 Å². The van der Waals surface area contributed by atoms with Crippen LogP contribution in [0.25, 0.3) is 0 Å². The molecule has 0 aliphatic rings. The predicted octanol–water partition coefficient (Wildman–Crippen LogP) is 18.9. The Morgan fingerprint density at radius 3 is 0.891 bits per heavy atom. The summed E-state index contributed by atoms with van der Waals surface area (Å²) < 4.78 is 16.8. The maximum absolute atomic E-state index is 12.8. The first kappa shape index (κ1) is 62.4. The van der Waals surface area contributed by atoms with Crippen molar-refractivity contribution in [2.45, 2.75) is 330 Å². The fourth-order valence-corrected chi connectivity index (χ4v) is 8.84. The second-order valence-corrected chi connectivity index (χ2v) is 20.6. The molecule has 0 bridgehead atoms. The zero-order valence-corrected chi connectivity index (χ0v) is 43.9. The second kappa shape index (κ2) is 50.8. The summed E-state index contributed by atoms with van der Waals surface area (Å²) >= 11 is 0. The Hall–Kier alpha value is -1.59. The Kier molecular flexibility index (Phi) is 49.6. The lowest BCUT2D eigenvalue weighted by molar-refractivity contribution is -0.167. The van der Waals surface area contributed by atoms with Gasteiger partial charge in [-0.05, 0) is 31.1 Å². The molecular formula is C58H112O6. The van der Waals surface area contributed by atoms with Gasteiger partial charge in [-0.15, -0.1) is 0 Å². The fraction of sp³-hybridized carbons (Fsp3) is 0.948. The van der Waals surface area contributed by atoms with Gasteiger partial charge in [0.25, 0.3) is 0 Å². The third kappa shape index (κ3) is 49.8. The molecule has 0 aromatic heterocycles. The molecule has 0 saturated carbocycles. The van der Waals surface area contributed by atoms with Crippen molar-refractivity contribution >= 4 is 17.9 Å². The molecule has 0 saturated heterocycles. The van der Waals surface area contributed by atoms with E-state index in [-0.39, 0.29) is 31.1 Å². The summed E-state index contributed by atoms with van der Waals surface area (Å²) in [5.41, 5.74) is 0. The van der Waals surface area contributed by atoms with E-state index in [0.717, 1.165) is 69.6 Å². The van der Waals surface area contributed by atoms with E-state index in [0.29, 0.717) is 19.3 Å². The van der Waals surface area contributed by atoms with Crippen molar-refractivity contribution in [3.8, 4) is 0 Å². The zero-order valence-electron chi connectivity index (χ0n) is 43.9. The van der Waals surface area contributed by atoms with E-state index >= 15 is 0 Å².